The molecule has 1 atom stereocenters. The van der Waals surface area contributed by atoms with E-state index in [1.54, 1.807) is 4.90 Å². The molecule has 1 aliphatic rings. The maximum atomic E-state index is 11.6. The highest BCUT2D eigenvalue weighted by molar-refractivity contribution is 8.00. The fourth-order valence-corrected chi connectivity index (χ4v) is 1.91. The average molecular weight is 202 g/mol. The maximum absolute atomic E-state index is 11.6. The lowest BCUT2D eigenvalue weighted by molar-refractivity contribution is -0.131. The molecule has 0 aromatic carbocycles. The standard InChI is InChI=1S/C9H18N2OS/c1-4-11(3)9(12)7(2)10-8-5-13-6-8/h7-8,10H,4-6H2,1-3H3. The molecular formula is C9H18N2OS. The van der Waals surface area contributed by atoms with Gasteiger partial charge in [0.05, 0.1) is 6.04 Å². The minimum atomic E-state index is -0.0316. The largest absolute Gasteiger partial charge is 0.345 e. The van der Waals surface area contributed by atoms with Crippen LogP contribution >= 0.6 is 11.8 Å². The number of carbonyl (C=O) groups is 1. The third kappa shape index (κ3) is 2.88. The first kappa shape index (κ1) is 10.9. The van der Waals surface area contributed by atoms with E-state index in [4.69, 9.17) is 0 Å². The van der Waals surface area contributed by atoms with Gasteiger partial charge in [-0.25, -0.2) is 0 Å². The maximum Gasteiger partial charge on any atom is 0.239 e. The Kier molecular flexibility index (Phi) is 4.06. The summed E-state index contributed by atoms with van der Waals surface area (Å²) in [7, 11) is 1.84. The van der Waals surface area contributed by atoms with Crippen LogP contribution in [0.3, 0.4) is 0 Å². The normalized spacial score (nSPS) is 19.3. The Hall–Kier alpha value is -0.220. The summed E-state index contributed by atoms with van der Waals surface area (Å²) in [4.78, 5) is 13.4. The number of nitrogens with zero attached hydrogens (tertiary/aromatic N) is 1. The third-order valence-electron chi connectivity index (χ3n) is 2.34. The van der Waals surface area contributed by atoms with Crippen LogP contribution in [0.4, 0.5) is 0 Å². The van der Waals surface area contributed by atoms with E-state index >= 15 is 0 Å². The van der Waals surface area contributed by atoms with Crippen LogP contribution in [0.25, 0.3) is 0 Å². The molecule has 0 bridgehead atoms. The van der Waals surface area contributed by atoms with Crippen molar-refractivity contribution in [3.8, 4) is 0 Å². The first-order valence-corrected chi connectivity index (χ1v) is 5.89. The molecule has 1 fully saturated rings. The van der Waals surface area contributed by atoms with E-state index in [-0.39, 0.29) is 11.9 Å². The van der Waals surface area contributed by atoms with Crippen LogP contribution < -0.4 is 5.32 Å². The molecule has 4 heteroatoms. The number of thioether (sulfide) groups is 1. The molecule has 1 N–H and O–H groups in total. The van der Waals surface area contributed by atoms with Crippen LogP contribution in [0.1, 0.15) is 13.8 Å². The first-order chi connectivity index (χ1) is 6.15. The van der Waals surface area contributed by atoms with Crippen molar-refractivity contribution in [2.75, 3.05) is 25.1 Å². The number of nitrogens with one attached hydrogen (secondary N) is 1. The summed E-state index contributed by atoms with van der Waals surface area (Å²) in [5.41, 5.74) is 0. The Bertz CT molecular complexity index is 182. The van der Waals surface area contributed by atoms with Crippen LogP contribution in [-0.2, 0) is 4.79 Å². The quantitative estimate of drug-likeness (QED) is 0.723. The van der Waals surface area contributed by atoms with Gasteiger partial charge in [-0.15, -0.1) is 0 Å². The molecule has 0 aliphatic carbocycles. The van der Waals surface area contributed by atoms with Crippen molar-refractivity contribution in [2.24, 2.45) is 0 Å². The van der Waals surface area contributed by atoms with Gasteiger partial charge in [-0.3, -0.25) is 4.79 Å². The van der Waals surface area contributed by atoms with Gasteiger partial charge in [-0.2, -0.15) is 11.8 Å². The second kappa shape index (κ2) is 4.86. The highest BCUT2D eigenvalue weighted by atomic mass is 32.2. The van der Waals surface area contributed by atoms with Crippen molar-refractivity contribution in [1.82, 2.24) is 10.2 Å². The van der Waals surface area contributed by atoms with Crippen LogP contribution in [0, 0.1) is 0 Å². The van der Waals surface area contributed by atoms with Crippen molar-refractivity contribution in [2.45, 2.75) is 25.9 Å². The Morgan fingerprint density at radius 2 is 2.31 bits per heavy atom. The molecule has 0 saturated carbocycles. The molecule has 1 saturated heterocycles. The predicted molar refractivity (Wildman–Crippen MR) is 57.0 cm³/mol. The van der Waals surface area contributed by atoms with Crippen molar-refractivity contribution < 1.29 is 4.79 Å². The lowest BCUT2D eigenvalue weighted by Crippen LogP contribution is -2.51. The van der Waals surface area contributed by atoms with E-state index in [9.17, 15) is 4.79 Å². The average Bonchev–Trinajstić information content (AvgIpc) is 2.08. The van der Waals surface area contributed by atoms with Crippen molar-refractivity contribution >= 4 is 17.7 Å². The van der Waals surface area contributed by atoms with Gasteiger partial charge in [0, 0.05) is 31.1 Å². The smallest absolute Gasteiger partial charge is 0.239 e. The van der Waals surface area contributed by atoms with Gasteiger partial charge < -0.3 is 10.2 Å². The Morgan fingerprint density at radius 3 is 2.69 bits per heavy atom. The van der Waals surface area contributed by atoms with E-state index in [2.05, 4.69) is 5.32 Å². The molecule has 1 heterocycles. The fourth-order valence-electron chi connectivity index (χ4n) is 1.24. The van der Waals surface area contributed by atoms with E-state index in [0.717, 1.165) is 18.1 Å². The Morgan fingerprint density at radius 1 is 1.69 bits per heavy atom. The fraction of sp³-hybridized carbons (Fsp3) is 0.889. The van der Waals surface area contributed by atoms with Gasteiger partial charge >= 0.3 is 0 Å². The highest BCUT2D eigenvalue weighted by Crippen LogP contribution is 2.17. The molecule has 1 amide bonds. The molecule has 13 heavy (non-hydrogen) atoms. The minimum absolute atomic E-state index is 0.0316. The van der Waals surface area contributed by atoms with Gasteiger partial charge in [0.2, 0.25) is 5.91 Å². The molecular weight excluding hydrogens is 184 g/mol. The topological polar surface area (TPSA) is 32.3 Å². The SMILES string of the molecule is CCN(C)C(=O)C(C)NC1CSC1. The monoisotopic (exact) mass is 202 g/mol. The molecule has 1 rings (SSSR count). The number of carbonyl (C=O) groups excluding carboxylic acids is 1. The summed E-state index contributed by atoms with van der Waals surface area (Å²) < 4.78 is 0. The molecule has 0 radical (unpaired) electrons. The highest BCUT2D eigenvalue weighted by Gasteiger charge is 2.24. The number of hydrogen-bond donors (Lipinski definition) is 1. The number of rotatable bonds is 4. The summed E-state index contributed by atoms with van der Waals surface area (Å²) in [5, 5.41) is 3.32. The molecule has 76 valence electrons. The van der Waals surface area contributed by atoms with E-state index in [1.165, 1.54) is 0 Å². The number of amides is 1. The van der Waals surface area contributed by atoms with Crippen LogP contribution in [0.5, 0.6) is 0 Å². The van der Waals surface area contributed by atoms with E-state index in [0.29, 0.717) is 6.04 Å². The lowest BCUT2D eigenvalue weighted by Gasteiger charge is -2.30. The van der Waals surface area contributed by atoms with Crippen LogP contribution in [0.15, 0.2) is 0 Å². The molecule has 0 aromatic heterocycles. The summed E-state index contributed by atoms with van der Waals surface area (Å²) in [6.45, 7) is 4.71. The van der Waals surface area contributed by atoms with E-state index in [1.807, 2.05) is 32.7 Å². The summed E-state index contributed by atoms with van der Waals surface area (Å²) in [6, 6.07) is 0.519. The Balaban J connectivity index is 2.28. The lowest BCUT2D eigenvalue weighted by atomic mass is 10.2. The number of hydrogen-bond acceptors (Lipinski definition) is 3. The van der Waals surface area contributed by atoms with Crippen LogP contribution in [0.2, 0.25) is 0 Å². The molecule has 1 unspecified atom stereocenters. The molecule has 1 aliphatic heterocycles. The third-order valence-corrected chi connectivity index (χ3v) is 3.62. The summed E-state index contributed by atoms with van der Waals surface area (Å²) in [5.74, 6) is 2.49. The van der Waals surface area contributed by atoms with Gasteiger partial charge in [0.1, 0.15) is 0 Å². The van der Waals surface area contributed by atoms with Gasteiger partial charge in [-0.1, -0.05) is 0 Å². The van der Waals surface area contributed by atoms with Crippen LogP contribution in [-0.4, -0.2) is 48.0 Å². The van der Waals surface area contributed by atoms with E-state index < -0.39 is 0 Å². The van der Waals surface area contributed by atoms with Crippen molar-refractivity contribution in [3.05, 3.63) is 0 Å². The zero-order valence-corrected chi connectivity index (χ0v) is 9.36. The zero-order chi connectivity index (χ0) is 9.84. The summed E-state index contributed by atoms with van der Waals surface area (Å²) in [6.07, 6.45) is 0. The van der Waals surface area contributed by atoms with Gasteiger partial charge in [0.25, 0.3) is 0 Å². The van der Waals surface area contributed by atoms with Crippen molar-refractivity contribution in [3.63, 3.8) is 0 Å². The zero-order valence-electron chi connectivity index (χ0n) is 8.54. The number of likely N-dealkylation sites (N-methyl/N-ethyl adjacent to an activating group) is 1. The van der Waals surface area contributed by atoms with Gasteiger partial charge in [0.15, 0.2) is 0 Å². The molecule has 0 aromatic rings. The summed E-state index contributed by atoms with van der Waals surface area (Å²) >= 11 is 1.93. The predicted octanol–water partition coefficient (Wildman–Crippen LogP) is 0.558. The molecule has 3 nitrogen and oxygen atoms in total. The first-order valence-electron chi connectivity index (χ1n) is 4.74. The van der Waals surface area contributed by atoms with Crippen molar-refractivity contribution in [1.29, 1.82) is 0 Å². The minimum Gasteiger partial charge on any atom is -0.345 e. The second-order valence-electron chi connectivity index (χ2n) is 3.48. The Labute approximate surface area is 84.2 Å². The van der Waals surface area contributed by atoms with Gasteiger partial charge in [-0.05, 0) is 13.8 Å². The molecule has 0 spiro atoms. The second-order valence-corrected chi connectivity index (χ2v) is 4.55.